The summed E-state index contributed by atoms with van der Waals surface area (Å²) in [5.74, 6) is 0.182. The minimum atomic E-state index is -1.25. The Morgan fingerprint density at radius 1 is 1.15 bits per heavy atom. The molecule has 2 rings (SSSR count). The minimum absolute atomic E-state index is 0.323. The molecule has 0 fully saturated rings. The molecule has 0 aliphatic heterocycles. The van der Waals surface area contributed by atoms with Gasteiger partial charge in [-0.1, -0.05) is 18.2 Å². The number of hydrogen-bond acceptors (Lipinski definition) is 4. The monoisotopic (exact) mass is 351 g/mol. The van der Waals surface area contributed by atoms with Crippen LogP contribution in [0.4, 0.5) is 0 Å². The molecule has 0 spiro atoms. The molecule has 5 heteroatoms. The van der Waals surface area contributed by atoms with Crippen LogP contribution in [0.25, 0.3) is 6.08 Å². The minimum Gasteiger partial charge on any atom is -0.490 e. The van der Waals surface area contributed by atoms with Crippen LogP contribution in [0, 0.1) is 32.1 Å². The summed E-state index contributed by atoms with van der Waals surface area (Å²) >= 11 is 0. The van der Waals surface area contributed by atoms with Crippen LogP contribution < -0.4 is 9.47 Å². The summed E-state index contributed by atoms with van der Waals surface area (Å²) in [5.41, 5.74) is 3.71. The number of aryl methyl sites for hydroxylation is 2. The van der Waals surface area contributed by atoms with Gasteiger partial charge in [0.2, 0.25) is 0 Å². The Balaban J connectivity index is 1.96. The quantitative estimate of drug-likeness (QED) is 0.462. The average molecular weight is 351 g/mol. The molecule has 0 heterocycles. The number of carbonyl (C=O) groups is 1. The smallest absolute Gasteiger partial charge is 0.346 e. The molecule has 2 aromatic carbocycles. The van der Waals surface area contributed by atoms with Crippen LogP contribution >= 0.6 is 0 Å². The molecular weight excluding hydrogens is 330 g/mol. The van der Waals surface area contributed by atoms with Gasteiger partial charge < -0.3 is 14.6 Å². The zero-order valence-electron chi connectivity index (χ0n) is 15.1. The van der Waals surface area contributed by atoms with Crippen molar-refractivity contribution >= 4 is 12.0 Å². The SMILES string of the molecule is Cc1cc(C)c(C)c(OCCOc2cccc(C=C(C#N)C(=O)O)c2)c1. The van der Waals surface area contributed by atoms with Crippen LogP contribution in [0.15, 0.2) is 42.0 Å². The Hall–Kier alpha value is -3.26. The van der Waals surface area contributed by atoms with Crippen molar-refractivity contribution in [3.8, 4) is 17.6 Å². The summed E-state index contributed by atoms with van der Waals surface area (Å²) in [7, 11) is 0. The second-order valence-electron chi connectivity index (χ2n) is 5.95. The first-order valence-electron chi connectivity index (χ1n) is 8.19. The first-order valence-corrected chi connectivity index (χ1v) is 8.19. The number of carboxylic acid groups (broad SMARTS) is 1. The molecule has 0 atom stereocenters. The topological polar surface area (TPSA) is 79.5 Å². The lowest BCUT2D eigenvalue weighted by Gasteiger charge is -2.13. The number of nitrogens with zero attached hydrogens (tertiary/aromatic N) is 1. The molecule has 26 heavy (non-hydrogen) atoms. The number of benzene rings is 2. The second-order valence-corrected chi connectivity index (χ2v) is 5.95. The lowest BCUT2D eigenvalue weighted by Crippen LogP contribution is -2.10. The van der Waals surface area contributed by atoms with E-state index in [0.717, 1.165) is 16.9 Å². The van der Waals surface area contributed by atoms with Crippen LogP contribution in [0.5, 0.6) is 11.5 Å². The summed E-state index contributed by atoms with van der Waals surface area (Å²) in [6.45, 7) is 6.85. The van der Waals surface area contributed by atoms with Crippen LogP contribution in [0.1, 0.15) is 22.3 Å². The highest BCUT2D eigenvalue weighted by Crippen LogP contribution is 2.23. The van der Waals surface area contributed by atoms with E-state index in [-0.39, 0.29) is 5.57 Å². The van der Waals surface area contributed by atoms with Gasteiger partial charge in [-0.2, -0.15) is 5.26 Å². The molecule has 0 bridgehead atoms. The van der Waals surface area contributed by atoms with Gasteiger partial charge in [0, 0.05) is 0 Å². The van der Waals surface area contributed by atoms with E-state index < -0.39 is 5.97 Å². The van der Waals surface area contributed by atoms with Crippen molar-refractivity contribution in [1.29, 1.82) is 5.26 Å². The number of aliphatic carboxylic acids is 1. The standard InChI is InChI=1S/C21H21NO4/c1-14-9-15(2)16(3)20(10-14)26-8-7-25-19-6-4-5-17(12-19)11-18(13-22)21(23)24/h4-6,9-12H,7-8H2,1-3H3,(H,23,24). The summed E-state index contributed by atoms with van der Waals surface area (Å²) in [6, 6.07) is 12.7. The predicted molar refractivity (Wildman–Crippen MR) is 99.3 cm³/mol. The maximum Gasteiger partial charge on any atom is 0.346 e. The van der Waals surface area contributed by atoms with Crippen LogP contribution in [-0.4, -0.2) is 24.3 Å². The second kappa shape index (κ2) is 8.72. The fourth-order valence-electron chi connectivity index (χ4n) is 2.46. The Labute approximate surface area is 153 Å². The number of ether oxygens (including phenoxy) is 2. The molecule has 134 valence electrons. The Kier molecular flexibility index (Phi) is 6.40. The Morgan fingerprint density at radius 3 is 2.58 bits per heavy atom. The van der Waals surface area contributed by atoms with Crippen molar-refractivity contribution < 1.29 is 19.4 Å². The van der Waals surface area contributed by atoms with Crippen molar-refractivity contribution in [2.45, 2.75) is 20.8 Å². The van der Waals surface area contributed by atoms with Crippen LogP contribution in [-0.2, 0) is 4.79 Å². The van der Waals surface area contributed by atoms with E-state index in [1.807, 2.05) is 19.9 Å². The Morgan fingerprint density at radius 2 is 1.88 bits per heavy atom. The lowest BCUT2D eigenvalue weighted by atomic mass is 10.1. The van der Waals surface area contributed by atoms with Gasteiger partial charge in [-0.3, -0.25) is 0 Å². The number of hydrogen-bond donors (Lipinski definition) is 1. The number of carboxylic acids is 1. The van der Waals surface area contributed by atoms with Crippen molar-refractivity contribution in [1.82, 2.24) is 0 Å². The van der Waals surface area contributed by atoms with Crippen molar-refractivity contribution in [2.24, 2.45) is 0 Å². The van der Waals surface area contributed by atoms with Gasteiger partial charge in [-0.25, -0.2) is 4.79 Å². The largest absolute Gasteiger partial charge is 0.490 e. The third kappa shape index (κ3) is 5.12. The third-order valence-corrected chi connectivity index (χ3v) is 3.89. The molecule has 0 aromatic heterocycles. The first-order chi connectivity index (χ1) is 12.4. The number of nitriles is 1. The molecule has 0 aliphatic carbocycles. The normalized spacial score (nSPS) is 10.9. The van der Waals surface area contributed by atoms with Gasteiger partial charge in [0.05, 0.1) is 0 Å². The first kappa shape index (κ1) is 19.1. The molecule has 0 radical (unpaired) electrons. The van der Waals surface area contributed by atoms with Gasteiger partial charge in [0.25, 0.3) is 0 Å². The van der Waals surface area contributed by atoms with E-state index in [0.29, 0.717) is 24.5 Å². The highest BCUT2D eigenvalue weighted by atomic mass is 16.5. The van der Waals surface area contributed by atoms with Gasteiger partial charge in [0.15, 0.2) is 0 Å². The van der Waals surface area contributed by atoms with E-state index in [1.54, 1.807) is 30.3 Å². The predicted octanol–water partition coefficient (Wildman–Crippen LogP) is 4.06. The van der Waals surface area contributed by atoms with Gasteiger partial charge >= 0.3 is 5.97 Å². The number of rotatable bonds is 7. The molecule has 0 saturated heterocycles. The van der Waals surface area contributed by atoms with E-state index in [4.69, 9.17) is 19.8 Å². The fourth-order valence-corrected chi connectivity index (χ4v) is 2.46. The van der Waals surface area contributed by atoms with Crippen molar-refractivity contribution in [3.63, 3.8) is 0 Å². The zero-order valence-corrected chi connectivity index (χ0v) is 15.1. The van der Waals surface area contributed by atoms with E-state index in [9.17, 15) is 4.79 Å². The molecule has 2 aromatic rings. The Bertz CT molecular complexity index is 878. The van der Waals surface area contributed by atoms with Crippen molar-refractivity contribution in [2.75, 3.05) is 13.2 Å². The molecule has 0 saturated carbocycles. The summed E-state index contributed by atoms with van der Waals surface area (Å²) in [5, 5.41) is 17.7. The average Bonchev–Trinajstić information content (AvgIpc) is 2.60. The maximum atomic E-state index is 10.9. The van der Waals surface area contributed by atoms with Crippen molar-refractivity contribution in [3.05, 3.63) is 64.2 Å². The summed E-state index contributed by atoms with van der Waals surface area (Å²) in [6.07, 6.45) is 1.31. The summed E-state index contributed by atoms with van der Waals surface area (Å²) < 4.78 is 11.5. The van der Waals surface area contributed by atoms with Crippen LogP contribution in [0.2, 0.25) is 0 Å². The third-order valence-electron chi connectivity index (χ3n) is 3.89. The van der Waals surface area contributed by atoms with Gasteiger partial charge in [-0.05, 0) is 67.3 Å². The van der Waals surface area contributed by atoms with Gasteiger partial charge in [-0.15, -0.1) is 0 Å². The molecular formula is C21H21NO4. The molecule has 1 N–H and O–H groups in total. The summed E-state index contributed by atoms with van der Waals surface area (Å²) in [4.78, 5) is 10.9. The van der Waals surface area contributed by atoms with E-state index in [1.165, 1.54) is 11.6 Å². The molecule has 0 amide bonds. The highest BCUT2D eigenvalue weighted by Gasteiger charge is 2.07. The fraction of sp³-hybridized carbons (Fsp3) is 0.238. The van der Waals surface area contributed by atoms with E-state index in [2.05, 4.69) is 13.0 Å². The lowest BCUT2D eigenvalue weighted by molar-refractivity contribution is -0.132. The zero-order chi connectivity index (χ0) is 19.1. The molecule has 0 unspecified atom stereocenters. The maximum absolute atomic E-state index is 10.9. The highest BCUT2D eigenvalue weighted by molar-refractivity contribution is 5.96. The molecule has 5 nitrogen and oxygen atoms in total. The molecule has 0 aliphatic rings. The van der Waals surface area contributed by atoms with Gasteiger partial charge in [0.1, 0.15) is 36.4 Å². The van der Waals surface area contributed by atoms with Crippen LogP contribution in [0.3, 0.4) is 0 Å². The van der Waals surface area contributed by atoms with E-state index >= 15 is 0 Å².